The van der Waals surface area contributed by atoms with Crippen LogP contribution in [0.15, 0.2) is 60.8 Å². The Bertz CT molecular complexity index is 826. The lowest BCUT2D eigenvalue weighted by molar-refractivity contribution is 0.111. The zero-order chi connectivity index (χ0) is 16.9. The normalized spacial score (nSPS) is 10.4. The van der Waals surface area contributed by atoms with E-state index in [-0.39, 0.29) is 29.2 Å². The molecule has 3 aromatic rings. The molecule has 0 saturated heterocycles. The third-order valence-electron chi connectivity index (χ3n) is 3.46. The Hall–Kier alpha value is -3.08. The van der Waals surface area contributed by atoms with Crippen LogP contribution in [0.1, 0.15) is 16.1 Å². The average Bonchev–Trinajstić information content (AvgIpc) is 2.61. The highest BCUT2D eigenvalue weighted by molar-refractivity contribution is 5.73. The van der Waals surface area contributed by atoms with Gasteiger partial charge in [-0.3, -0.25) is 9.78 Å². The topological polar surface area (TPSA) is 39.2 Å². The Morgan fingerprint density at radius 2 is 1.71 bits per heavy atom. The highest BCUT2D eigenvalue weighted by atomic mass is 19.1. The van der Waals surface area contributed by atoms with E-state index >= 15 is 0 Å². The number of carbonyl (C=O) groups excluding carboxylic acids is 1. The van der Waals surface area contributed by atoms with Crippen LogP contribution in [0.2, 0.25) is 0 Å². The van der Waals surface area contributed by atoms with Crippen LogP contribution in [0, 0.1) is 11.6 Å². The minimum Gasteiger partial charge on any atom is -0.489 e. The molecule has 0 amide bonds. The van der Waals surface area contributed by atoms with Gasteiger partial charge in [0.2, 0.25) is 0 Å². The molecule has 120 valence electrons. The molecular weight excluding hydrogens is 312 g/mol. The molecule has 0 bridgehead atoms. The molecule has 0 aliphatic rings. The maximum atomic E-state index is 14.3. The first kappa shape index (κ1) is 15.8. The number of hydrogen-bond donors (Lipinski definition) is 0. The first-order valence-corrected chi connectivity index (χ1v) is 7.25. The van der Waals surface area contributed by atoms with E-state index in [0.717, 1.165) is 17.7 Å². The number of rotatable bonds is 5. The fraction of sp³-hybridized carbons (Fsp3) is 0.0526. The number of ether oxygens (including phenoxy) is 1. The number of benzene rings is 2. The fourth-order valence-electron chi connectivity index (χ4n) is 2.27. The molecule has 0 aliphatic heterocycles. The fourth-order valence-corrected chi connectivity index (χ4v) is 2.27. The second-order valence-electron chi connectivity index (χ2n) is 5.13. The zero-order valence-corrected chi connectivity index (χ0v) is 12.6. The summed E-state index contributed by atoms with van der Waals surface area (Å²) in [5.74, 6) is -1.40. The van der Waals surface area contributed by atoms with Crippen LogP contribution in [0.3, 0.4) is 0 Å². The van der Waals surface area contributed by atoms with Crippen LogP contribution in [-0.2, 0) is 6.61 Å². The second-order valence-corrected chi connectivity index (χ2v) is 5.13. The Kier molecular flexibility index (Phi) is 4.61. The van der Waals surface area contributed by atoms with Crippen LogP contribution >= 0.6 is 0 Å². The smallest absolute Gasteiger partial charge is 0.168 e. The monoisotopic (exact) mass is 325 g/mol. The molecule has 3 rings (SSSR count). The van der Waals surface area contributed by atoms with Gasteiger partial charge in [-0.25, -0.2) is 8.78 Å². The van der Waals surface area contributed by atoms with Crippen LogP contribution in [-0.4, -0.2) is 11.3 Å². The predicted molar refractivity (Wildman–Crippen MR) is 85.8 cm³/mol. The van der Waals surface area contributed by atoms with E-state index in [1.807, 2.05) is 30.3 Å². The van der Waals surface area contributed by atoms with Crippen LogP contribution in [0.5, 0.6) is 5.75 Å². The van der Waals surface area contributed by atoms with E-state index in [9.17, 15) is 13.6 Å². The highest BCUT2D eigenvalue weighted by Gasteiger charge is 2.14. The van der Waals surface area contributed by atoms with Crippen molar-refractivity contribution in [3.63, 3.8) is 0 Å². The van der Waals surface area contributed by atoms with E-state index in [0.29, 0.717) is 6.29 Å². The van der Waals surface area contributed by atoms with Crippen LogP contribution in [0.25, 0.3) is 11.1 Å². The Morgan fingerprint density at radius 1 is 1.00 bits per heavy atom. The number of pyridine rings is 1. The van der Waals surface area contributed by atoms with Crippen molar-refractivity contribution in [3.05, 3.63) is 83.7 Å². The molecule has 0 fully saturated rings. The molecule has 2 aromatic carbocycles. The molecule has 0 atom stereocenters. The van der Waals surface area contributed by atoms with Crippen molar-refractivity contribution in [2.75, 3.05) is 0 Å². The summed E-state index contributed by atoms with van der Waals surface area (Å²) in [4.78, 5) is 14.4. The molecular formula is C19H13F2NO2. The Labute approximate surface area is 137 Å². The van der Waals surface area contributed by atoms with Gasteiger partial charge in [0.15, 0.2) is 6.29 Å². The van der Waals surface area contributed by atoms with Gasteiger partial charge in [0.05, 0.1) is 5.56 Å². The summed E-state index contributed by atoms with van der Waals surface area (Å²) in [5.41, 5.74) is 1.15. The van der Waals surface area contributed by atoms with Crippen molar-refractivity contribution in [2.24, 2.45) is 0 Å². The van der Waals surface area contributed by atoms with Crippen LogP contribution < -0.4 is 4.74 Å². The zero-order valence-electron chi connectivity index (χ0n) is 12.6. The molecule has 1 aromatic heterocycles. The Balaban J connectivity index is 1.84. The Morgan fingerprint density at radius 3 is 2.29 bits per heavy atom. The van der Waals surface area contributed by atoms with Gasteiger partial charge in [0, 0.05) is 23.9 Å². The van der Waals surface area contributed by atoms with Crippen molar-refractivity contribution >= 4 is 6.29 Å². The van der Waals surface area contributed by atoms with Crippen molar-refractivity contribution < 1.29 is 18.3 Å². The van der Waals surface area contributed by atoms with E-state index in [1.54, 1.807) is 0 Å². The quantitative estimate of drug-likeness (QED) is 0.652. The highest BCUT2D eigenvalue weighted by Crippen LogP contribution is 2.29. The lowest BCUT2D eigenvalue weighted by atomic mass is 10.1. The average molecular weight is 325 g/mol. The predicted octanol–water partition coefficient (Wildman–Crippen LogP) is 4.42. The lowest BCUT2D eigenvalue weighted by Gasteiger charge is -2.10. The molecule has 0 aliphatic carbocycles. The summed E-state index contributed by atoms with van der Waals surface area (Å²) < 4.78 is 34.0. The van der Waals surface area contributed by atoms with E-state index < -0.39 is 11.6 Å². The van der Waals surface area contributed by atoms with Gasteiger partial charge in [-0.1, -0.05) is 36.4 Å². The summed E-state index contributed by atoms with van der Waals surface area (Å²) >= 11 is 0. The SMILES string of the molecule is O=Cc1ccc(-c2c(F)cc(OCc3ccccc3)cc2F)cn1. The standard InChI is InChI=1S/C19H13F2NO2/c20-17-8-16(24-12-13-4-2-1-3-5-13)9-18(21)19(17)14-6-7-15(11-23)22-10-14/h1-11H,12H2. The van der Waals surface area contributed by atoms with Crippen molar-refractivity contribution in [1.29, 1.82) is 0 Å². The molecule has 0 N–H and O–H groups in total. The summed E-state index contributed by atoms with van der Waals surface area (Å²) in [6.07, 6.45) is 1.83. The summed E-state index contributed by atoms with van der Waals surface area (Å²) in [6.45, 7) is 0.217. The van der Waals surface area contributed by atoms with E-state index in [4.69, 9.17) is 4.74 Å². The maximum absolute atomic E-state index is 14.3. The van der Waals surface area contributed by atoms with Gasteiger partial charge in [-0.15, -0.1) is 0 Å². The van der Waals surface area contributed by atoms with Gasteiger partial charge in [0.1, 0.15) is 29.7 Å². The van der Waals surface area contributed by atoms with Gasteiger partial charge >= 0.3 is 0 Å². The molecule has 0 radical (unpaired) electrons. The summed E-state index contributed by atoms with van der Waals surface area (Å²) in [7, 11) is 0. The molecule has 0 spiro atoms. The third-order valence-corrected chi connectivity index (χ3v) is 3.46. The number of nitrogens with zero attached hydrogens (tertiary/aromatic N) is 1. The minimum absolute atomic E-state index is 0.107. The van der Waals surface area contributed by atoms with Crippen molar-refractivity contribution in [3.8, 4) is 16.9 Å². The van der Waals surface area contributed by atoms with E-state index in [2.05, 4.69) is 4.98 Å². The second kappa shape index (κ2) is 7.00. The largest absolute Gasteiger partial charge is 0.489 e. The first-order valence-electron chi connectivity index (χ1n) is 7.25. The third kappa shape index (κ3) is 3.46. The minimum atomic E-state index is -0.751. The van der Waals surface area contributed by atoms with Crippen LogP contribution in [0.4, 0.5) is 8.78 Å². The first-order chi connectivity index (χ1) is 11.7. The summed E-state index contributed by atoms with van der Waals surface area (Å²) in [6, 6.07) is 14.4. The maximum Gasteiger partial charge on any atom is 0.168 e. The number of aromatic nitrogens is 1. The number of carbonyl (C=O) groups is 1. The molecule has 0 saturated carbocycles. The molecule has 1 heterocycles. The van der Waals surface area contributed by atoms with Gasteiger partial charge in [-0.05, 0) is 11.6 Å². The van der Waals surface area contributed by atoms with Crippen molar-refractivity contribution in [1.82, 2.24) is 4.98 Å². The lowest BCUT2D eigenvalue weighted by Crippen LogP contribution is -1.98. The van der Waals surface area contributed by atoms with Gasteiger partial charge < -0.3 is 4.74 Å². The number of aldehydes is 1. The number of halogens is 2. The van der Waals surface area contributed by atoms with Gasteiger partial charge in [-0.2, -0.15) is 0 Å². The van der Waals surface area contributed by atoms with E-state index in [1.165, 1.54) is 18.3 Å². The summed E-state index contributed by atoms with van der Waals surface area (Å²) in [5, 5.41) is 0. The molecule has 3 nitrogen and oxygen atoms in total. The van der Waals surface area contributed by atoms with Crippen molar-refractivity contribution in [2.45, 2.75) is 6.61 Å². The molecule has 24 heavy (non-hydrogen) atoms. The molecule has 5 heteroatoms. The van der Waals surface area contributed by atoms with Gasteiger partial charge in [0.25, 0.3) is 0 Å². The number of hydrogen-bond acceptors (Lipinski definition) is 3. The molecule has 0 unspecified atom stereocenters.